The molecule has 0 saturated carbocycles. The number of nitrogens with one attached hydrogen (secondary N) is 2. The van der Waals surface area contributed by atoms with Crippen LogP contribution >= 0.6 is 11.8 Å². The van der Waals surface area contributed by atoms with Gasteiger partial charge in [0, 0.05) is 6.54 Å². The molecule has 0 spiro atoms. The maximum absolute atomic E-state index is 13.6. The number of hydrogen-bond donors (Lipinski definition) is 2. The average Bonchev–Trinajstić information content (AvgIpc) is 3.04. The van der Waals surface area contributed by atoms with E-state index in [0.717, 1.165) is 11.8 Å². The van der Waals surface area contributed by atoms with Crippen molar-refractivity contribution in [2.45, 2.75) is 25.2 Å². The number of aromatic nitrogens is 2. The van der Waals surface area contributed by atoms with Gasteiger partial charge in [-0.1, -0.05) is 23.9 Å². The number of halogens is 1. The number of rotatable bonds is 7. The fraction of sp³-hybridized carbons (Fsp3) is 0.333. The van der Waals surface area contributed by atoms with Gasteiger partial charge in [0.15, 0.2) is 17.7 Å². The number of benzene rings is 1. The number of thioether (sulfide) groups is 1. The summed E-state index contributed by atoms with van der Waals surface area (Å²) in [6, 6.07) is 5.41. The molecule has 0 bridgehead atoms. The number of amides is 3. The molecule has 1 heterocycles. The van der Waals surface area contributed by atoms with Crippen molar-refractivity contribution in [3.05, 3.63) is 36.0 Å². The summed E-state index contributed by atoms with van der Waals surface area (Å²) in [5.41, 5.74) is 0. The smallest absolute Gasteiger partial charge is 0.321 e. The summed E-state index contributed by atoms with van der Waals surface area (Å²) in [6.45, 7) is 3.79. The molecule has 25 heavy (non-hydrogen) atoms. The molecule has 1 aromatic carbocycles. The fourth-order valence-corrected chi connectivity index (χ4v) is 2.29. The van der Waals surface area contributed by atoms with E-state index in [1.54, 1.807) is 26.0 Å². The first kappa shape index (κ1) is 18.7. The lowest BCUT2D eigenvalue weighted by molar-refractivity contribution is -0.117. The number of imide groups is 1. The van der Waals surface area contributed by atoms with Crippen molar-refractivity contribution in [2.24, 2.45) is 0 Å². The summed E-state index contributed by atoms with van der Waals surface area (Å²) in [7, 11) is 0. The molecule has 3 amide bonds. The highest BCUT2D eigenvalue weighted by atomic mass is 32.2. The summed E-state index contributed by atoms with van der Waals surface area (Å²) >= 11 is 0.974. The van der Waals surface area contributed by atoms with Gasteiger partial charge in [0.1, 0.15) is 0 Å². The number of ether oxygens (including phenoxy) is 1. The topological polar surface area (TPSA) is 106 Å². The van der Waals surface area contributed by atoms with Gasteiger partial charge in [-0.25, -0.2) is 9.18 Å². The van der Waals surface area contributed by atoms with Crippen molar-refractivity contribution in [1.29, 1.82) is 0 Å². The molecule has 134 valence electrons. The van der Waals surface area contributed by atoms with Crippen molar-refractivity contribution in [3.8, 4) is 5.75 Å². The summed E-state index contributed by atoms with van der Waals surface area (Å²) in [4.78, 5) is 22.8. The number of urea groups is 1. The van der Waals surface area contributed by atoms with E-state index in [-0.39, 0.29) is 22.6 Å². The second kappa shape index (κ2) is 9.02. The van der Waals surface area contributed by atoms with E-state index in [0.29, 0.717) is 6.54 Å². The fourth-order valence-electron chi connectivity index (χ4n) is 1.72. The lowest BCUT2D eigenvalue weighted by Crippen LogP contribution is -2.40. The van der Waals surface area contributed by atoms with E-state index in [2.05, 4.69) is 20.8 Å². The van der Waals surface area contributed by atoms with Gasteiger partial charge in [0.2, 0.25) is 5.91 Å². The SMILES string of the molecule is CCNC(=O)NC(=O)CSc1nnc([C@@H](C)Oc2ccccc2F)o1. The minimum Gasteiger partial charge on any atom is -0.478 e. The third-order valence-electron chi connectivity index (χ3n) is 2.83. The summed E-state index contributed by atoms with van der Waals surface area (Å²) in [6.07, 6.45) is -0.664. The predicted molar refractivity (Wildman–Crippen MR) is 87.7 cm³/mol. The highest BCUT2D eigenvalue weighted by Gasteiger charge is 2.18. The molecule has 0 saturated heterocycles. The Morgan fingerprint density at radius 2 is 2.12 bits per heavy atom. The van der Waals surface area contributed by atoms with Gasteiger partial charge in [-0.3, -0.25) is 10.1 Å². The summed E-state index contributed by atoms with van der Waals surface area (Å²) < 4.78 is 24.4. The van der Waals surface area contributed by atoms with E-state index >= 15 is 0 Å². The molecule has 2 rings (SSSR count). The Morgan fingerprint density at radius 1 is 1.36 bits per heavy atom. The first-order valence-electron chi connectivity index (χ1n) is 7.44. The normalized spacial score (nSPS) is 11.6. The maximum Gasteiger partial charge on any atom is 0.321 e. The van der Waals surface area contributed by atoms with Gasteiger partial charge >= 0.3 is 6.03 Å². The van der Waals surface area contributed by atoms with Crippen LogP contribution in [0.2, 0.25) is 0 Å². The molecule has 0 aliphatic rings. The molecule has 0 aliphatic heterocycles. The van der Waals surface area contributed by atoms with Crippen molar-refractivity contribution in [2.75, 3.05) is 12.3 Å². The van der Waals surface area contributed by atoms with Crippen molar-refractivity contribution in [3.63, 3.8) is 0 Å². The van der Waals surface area contributed by atoms with Crippen LogP contribution in [0, 0.1) is 5.82 Å². The Hall–Kier alpha value is -2.62. The molecule has 0 aliphatic carbocycles. The van der Waals surface area contributed by atoms with Gasteiger partial charge in [0.25, 0.3) is 11.1 Å². The lowest BCUT2D eigenvalue weighted by Gasteiger charge is -2.11. The third kappa shape index (κ3) is 5.75. The minimum atomic E-state index is -0.664. The van der Waals surface area contributed by atoms with E-state index in [9.17, 15) is 14.0 Å². The molecule has 10 heteroatoms. The second-order valence-corrected chi connectivity index (χ2v) is 5.72. The van der Waals surface area contributed by atoms with E-state index in [1.165, 1.54) is 12.1 Å². The largest absolute Gasteiger partial charge is 0.478 e. The van der Waals surface area contributed by atoms with Crippen LogP contribution in [0.5, 0.6) is 5.75 Å². The maximum atomic E-state index is 13.6. The van der Waals surface area contributed by atoms with Crippen LogP contribution < -0.4 is 15.4 Å². The van der Waals surface area contributed by atoms with Gasteiger partial charge < -0.3 is 14.5 Å². The van der Waals surface area contributed by atoms with Crippen LogP contribution in [-0.2, 0) is 4.79 Å². The molecule has 8 nitrogen and oxygen atoms in total. The van der Waals surface area contributed by atoms with Crippen molar-refractivity contribution >= 4 is 23.7 Å². The van der Waals surface area contributed by atoms with Gasteiger partial charge in [-0.15, -0.1) is 10.2 Å². The van der Waals surface area contributed by atoms with Crippen molar-refractivity contribution in [1.82, 2.24) is 20.8 Å². The van der Waals surface area contributed by atoms with E-state index in [1.807, 2.05) is 0 Å². The van der Waals surface area contributed by atoms with Gasteiger partial charge in [-0.2, -0.15) is 0 Å². The summed E-state index contributed by atoms with van der Waals surface area (Å²) in [5.74, 6) is -0.836. The Kier molecular flexibility index (Phi) is 6.75. The number of carbonyl (C=O) groups excluding carboxylic acids is 2. The molecule has 0 fully saturated rings. The zero-order valence-electron chi connectivity index (χ0n) is 13.6. The zero-order valence-corrected chi connectivity index (χ0v) is 14.4. The highest BCUT2D eigenvalue weighted by molar-refractivity contribution is 7.99. The van der Waals surface area contributed by atoms with E-state index < -0.39 is 23.9 Å². The van der Waals surface area contributed by atoms with Crippen LogP contribution in [0.25, 0.3) is 0 Å². The standard InChI is InChI=1S/C15H17FN4O4S/c1-3-17-14(22)18-12(21)8-25-15-20-19-13(24-15)9(2)23-11-7-5-4-6-10(11)16/h4-7,9H,3,8H2,1-2H3,(H2,17,18,21,22)/t9-/m1/s1. The number of carbonyl (C=O) groups is 2. The van der Waals surface area contributed by atoms with Crippen LogP contribution in [0.1, 0.15) is 25.8 Å². The minimum absolute atomic E-state index is 0.0681. The number of hydrogen-bond acceptors (Lipinski definition) is 7. The third-order valence-corrected chi connectivity index (χ3v) is 3.65. The van der Waals surface area contributed by atoms with Crippen LogP contribution in [0.15, 0.2) is 33.9 Å². The van der Waals surface area contributed by atoms with Gasteiger partial charge in [0.05, 0.1) is 5.75 Å². The number of para-hydroxylation sites is 1. The van der Waals surface area contributed by atoms with Gasteiger partial charge in [-0.05, 0) is 26.0 Å². The number of nitrogens with zero attached hydrogens (tertiary/aromatic N) is 2. The average molecular weight is 368 g/mol. The van der Waals surface area contributed by atoms with Crippen LogP contribution in [0.3, 0.4) is 0 Å². The molecular weight excluding hydrogens is 351 g/mol. The Labute approximate surface area is 147 Å². The molecular formula is C15H17FN4O4S. The highest BCUT2D eigenvalue weighted by Crippen LogP contribution is 2.25. The van der Waals surface area contributed by atoms with Crippen molar-refractivity contribution < 1.29 is 23.1 Å². The lowest BCUT2D eigenvalue weighted by atomic mass is 10.3. The summed E-state index contributed by atoms with van der Waals surface area (Å²) in [5, 5.41) is 12.3. The second-order valence-electron chi connectivity index (χ2n) is 4.79. The molecule has 1 atom stereocenters. The molecule has 2 N–H and O–H groups in total. The quantitative estimate of drug-likeness (QED) is 0.722. The first-order chi connectivity index (χ1) is 12.0. The Bertz CT molecular complexity index is 740. The molecule has 0 radical (unpaired) electrons. The monoisotopic (exact) mass is 368 g/mol. The Morgan fingerprint density at radius 3 is 2.84 bits per heavy atom. The Balaban J connectivity index is 1.86. The molecule has 1 aromatic heterocycles. The molecule has 2 aromatic rings. The molecule has 0 unspecified atom stereocenters. The first-order valence-corrected chi connectivity index (χ1v) is 8.43. The predicted octanol–water partition coefficient (Wildman–Crippen LogP) is 2.29. The van der Waals surface area contributed by atoms with Crippen LogP contribution in [0.4, 0.5) is 9.18 Å². The zero-order chi connectivity index (χ0) is 18.2. The van der Waals surface area contributed by atoms with Crippen LogP contribution in [-0.4, -0.2) is 34.4 Å². The van der Waals surface area contributed by atoms with E-state index in [4.69, 9.17) is 9.15 Å².